The molecule has 0 saturated heterocycles. The molecule has 2 N–H and O–H groups in total. The first-order chi connectivity index (χ1) is 3.29. The molecule has 1 rings (SSSR count). The van der Waals surface area contributed by atoms with Crippen LogP contribution in [0.3, 0.4) is 0 Å². The molecule has 1 radical (unpaired) electrons. The second-order valence-electron chi connectivity index (χ2n) is 1.46. The summed E-state index contributed by atoms with van der Waals surface area (Å²) >= 11 is 1.18. The van der Waals surface area contributed by atoms with Gasteiger partial charge in [0, 0.05) is 5.25 Å². The molecule has 0 aromatic rings. The molecule has 0 aromatic carbocycles. The molecule has 3 heteroatoms. The van der Waals surface area contributed by atoms with E-state index in [0.717, 1.165) is 12.8 Å². The van der Waals surface area contributed by atoms with Gasteiger partial charge >= 0.3 is 0 Å². The Kier molecular flexibility index (Phi) is 1.23. The second-order valence-corrected chi connectivity index (χ2v) is 2.64. The van der Waals surface area contributed by atoms with Crippen molar-refractivity contribution in [1.29, 1.82) is 0 Å². The number of primary amides is 1. The number of rotatable bonds is 1. The van der Waals surface area contributed by atoms with E-state index >= 15 is 0 Å². The zero-order valence-electron chi connectivity index (χ0n) is 3.81. The summed E-state index contributed by atoms with van der Waals surface area (Å²) in [6.45, 7) is 0. The summed E-state index contributed by atoms with van der Waals surface area (Å²) in [4.78, 5) is 10.0. The fraction of sp³-hybridized carbons (Fsp3) is 0.500. The normalized spacial score (nSPS) is 19.4. The third kappa shape index (κ3) is 1.83. The number of amides is 1. The predicted molar refractivity (Wildman–Crippen MR) is 29.7 cm³/mol. The molecule has 0 aliphatic heterocycles. The van der Waals surface area contributed by atoms with Crippen LogP contribution in [0.5, 0.6) is 0 Å². The van der Waals surface area contributed by atoms with Crippen LogP contribution in [0.1, 0.15) is 12.8 Å². The summed E-state index contributed by atoms with van der Waals surface area (Å²) in [5, 5.41) is 0.958. The molecule has 1 aliphatic rings. The van der Waals surface area contributed by atoms with Crippen LogP contribution < -0.4 is 5.73 Å². The van der Waals surface area contributed by atoms with Crippen LogP contribution in [0.4, 0.5) is 4.79 Å². The number of hydrogen-bond acceptors (Lipinski definition) is 2. The Balaban J connectivity index is 2.08. The molecule has 2 nitrogen and oxygen atoms in total. The Labute approximate surface area is 46.5 Å². The van der Waals surface area contributed by atoms with Crippen molar-refractivity contribution in [2.45, 2.75) is 12.8 Å². The summed E-state index contributed by atoms with van der Waals surface area (Å²) in [5.74, 6) is 0. The Morgan fingerprint density at radius 2 is 2.29 bits per heavy atom. The van der Waals surface area contributed by atoms with Gasteiger partial charge < -0.3 is 5.73 Å². The zero-order chi connectivity index (χ0) is 5.28. The van der Waals surface area contributed by atoms with Crippen LogP contribution in [0.15, 0.2) is 0 Å². The molecule has 39 valence electrons. The highest BCUT2D eigenvalue weighted by atomic mass is 32.2. The lowest BCUT2D eigenvalue weighted by molar-refractivity contribution is 0.267. The number of carbonyl (C=O) groups excluding carboxylic acids is 1. The summed E-state index contributed by atoms with van der Waals surface area (Å²) in [7, 11) is 0. The molecule has 0 heterocycles. The first-order valence-electron chi connectivity index (χ1n) is 2.11. The number of thioether (sulfide) groups is 1. The summed E-state index contributed by atoms with van der Waals surface area (Å²) in [6, 6.07) is 0. The predicted octanol–water partition coefficient (Wildman–Crippen LogP) is 1.12. The smallest absolute Gasteiger partial charge is 0.277 e. The maximum atomic E-state index is 10.0. The first kappa shape index (κ1) is 4.97. The van der Waals surface area contributed by atoms with E-state index in [9.17, 15) is 4.79 Å². The number of hydrogen-bond donors (Lipinski definition) is 1. The fourth-order valence-electron chi connectivity index (χ4n) is 0.295. The Bertz CT molecular complexity index is 89.7. The minimum atomic E-state index is -0.271. The molecule has 1 amide bonds. The Morgan fingerprint density at radius 3 is 2.43 bits per heavy atom. The Hall–Kier alpha value is -0.180. The highest BCUT2D eigenvalue weighted by Gasteiger charge is 2.24. The van der Waals surface area contributed by atoms with Crippen LogP contribution in [0.2, 0.25) is 0 Å². The minimum absolute atomic E-state index is 0.271. The molecule has 0 atom stereocenters. The van der Waals surface area contributed by atoms with E-state index in [1.807, 2.05) is 0 Å². The minimum Gasteiger partial charge on any atom is -0.361 e. The zero-order valence-corrected chi connectivity index (χ0v) is 4.62. The van der Waals surface area contributed by atoms with Gasteiger partial charge in [0.1, 0.15) is 0 Å². The molecular weight excluding hydrogens is 110 g/mol. The number of nitrogens with two attached hydrogens (primary N) is 1. The molecule has 1 aliphatic carbocycles. The topological polar surface area (TPSA) is 43.1 Å². The second kappa shape index (κ2) is 1.74. The van der Waals surface area contributed by atoms with E-state index < -0.39 is 0 Å². The van der Waals surface area contributed by atoms with E-state index in [1.54, 1.807) is 0 Å². The quantitative estimate of drug-likeness (QED) is 0.558. The van der Waals surface area contributed by atoms with Crippen molar-refractivity contribution < 1.29 is 4.79 Å². The van der Waals surface area contributed by atoms with Crippen LogP contribution in [-0.4, -0.2) is 5.24 Å². The molecule has 7 heavy (non-hydrogen) atoms. The van der Waals surface area contributed by atoms with Gasteiger partial charge in [-0.2, -0.15) is 0 Å². The van der Waals surface area contributed by atoms with Gasteiger partial charge in [0.15, 0.2) is 0 Å². The van der Waals surface area contributed by atoms with Gasteiger partial charge in [-0.15, -0.1) is 0 Å². The van der Waals surface area contributed by atoms with Gasteiger partial charge in [0.05, 0.1) is 0 Å². The molecule has 0 spiro atoms. The van der Waals surface area contributed by atoms with Gasteiger partial charge in [0.2, 0.25) is 0 Å². The van der Waals surface area contributed by atoms with Gasteiger partial charge in [-0.3, -0.25) is 4.79 Å². The van der Waals surface area contributed by atoms with Crippen LogP contribution in [0, 0.1) is 5.25 Å². The van der Waals surface area contributed by atoms with Crippen molar-refractivity contribution >= 4 is 17.0 Å². The fourth-order valence-corrected chi connectivity index (χ4v) is 0.886. The largest absolute Gasteiger partial charge is 0.361 e. The van der Waals surface area contributed by atoms with Crippen LogP contribution in [0.25, 0.3) is 0 Å². The average molecular weight is 116 g/mol. The maximum Gasteiger partial charge on any atom is 0.277 e. The first-order valence-corrected chi connectivity index (χ1v) is 2.92. The monoisotopic (exact) mass is 116 g/mol. The highest BCUT2D eigenvalue weighted by molar-refractivity contribution is 8.16. The molecular formula is C4H6NOS. The summed E-state index contributed by atoms with van der Waals surface area (Å²) < 4.78 is 0. The van der Waals surface area contributed by atoms with Crippen molar-refractivity contribution in [3.05, 3.63) is 5.25 Å². The van der Waals surface area contributed by atoms with E-state index in [1.165, 1.54) is 17.0 Å². The average Bonchev–Trinajstić information content (AvgIpc) is 2.17. The van der Waals surface area contributed by atoms with E-state index in [2.05, 4.69) is 0 Å². The third-order valence-electron chi connectivity index (χ3n) is 0.699. The lowest BCUT2D eigenvalue weighted by atomic mass is 11.0. The summed E-state index contributed by atoms with van der Waals surface area (Å²) in [5.41, 5.74) is 4.84. The van der Waals surface area contributed by atoms with Gasteiger partial charge in [-0.1, -0.05) is 11.8 Å². The molecule has 1 saturated carbocycles. The Morgan fingerprint density at radius 1 is 1.71 bits per heavy atom. The van der Waals surface area contributed by atoms with Gasteiger partial charge in [-0.05, 0) is 12.8 Å². The highest BCUT2D eigenvalue weighted by Crippen LogP contribution is 2.42. The SMILES string of the molecule is NC(=O)S[C]1CC1. The lowest BCUT2D eigenvalue weighted by Gasteiger charge is -1.83. The standard InChI is InChI=1S/C4H6NOS/c5-4(6)7-3-1-2-3/h1-2H2,(H2,5,6). The van der Waals surface area contributed by atoms with E-state index in [0.29, 0.717) is 0 Å². The van der Waals surface area contributed by atoms with Gasteiger partial charge in [-0.25, -0.2) is 0 Å². The summed E-state index contributed by atoms with van der Waals surface area (Å²) in [6.07, 6.45) is 2.18. The molecule has 0 bridgehead atoms. The van der Waals surface area contributed by atoms with Crippen molar-refractivity contribution in [3.63, 3.8) is 0 Å². The van der Waals surface area contributed by atoms with E-state index in [4.69, 9.17) is 5.73 Å². The maximum absolute atomic E-state index is 10.0. The van der Waals surface area contributed by atoms with Crippen molar-refractivity contribution in [2.24, 2.45) is 5.73 Å². The van der Waals surface area contributed by atoms with Crippen molar-refractivity contribution in [3.8, 4) is 0 Å². The van der Waals surface area contributed by atoms with Crippen molar-refractivity contribution in [1.82, 2.24) is 0 Å². The lowest BCUT2D eigenvalue weighted by Crippen LogP contribution is -2.00. The number of carbonyl (C=O) groups is 1. The van der Waals surface area contributed by atoms with Crippen LogP contribution in [-0.2, 0) is 0 Å². The van der Waals surface area contributed by atoms with Crippen molar-refractivity contribution in [2.75, 3.05) is 0 Å². The molecule has 0 aromatic heterocycles. The van der Waals surface area contributed by atoms with Crippen LogP contribution >= 0.6 is 11.8 Å². The molecule has 0 unspecified atom stereocenters. The molecule has 1 fully saturated rings. The third-order valence-corrected chi connectivity index (χ3v) is 1.60. The van der Waals surface area contributed by atoms with E-state index in [-0.39, 0.29) is 5.24 Å². The van der Waals surface area contributed by atoms with Gasteiger partial charge in [0.25, 0.3) is 5.24 Å².